The van der Waals surface area contributed by atoms with Crippen molar-refractivity contribution in [2.24, 2.45) is 5.10 Å². The highest BCUT2D eigenvalue weighted by atomic mass is 16.2. The maximum absolute atomic E-state index is 13.3. The minimum atomic E-state index is -0.644. The Balaban J connectivity index is 1.30. The summed E-state index contributed by atoms with van der Waals surface area (Å²) in [4.78, 5) is 51.4. The summed E-state index contributed by atoms with van der Waals surface area (Å²) in [6.45, 7) is 3.05. The van der Waals surface area contributed by atoms with Crippen LogP contribution in [0.25, 0.3) is 5.69 Å². The van der Waals surface area contributed by atoms with Gasteiger partial charge in [0.25, 0.3) is 11.8 Å². The maximum atomic E-state index is 13.3. The number of aromatic nitrogens is 3. The highest BCUT2D eigenvalue weighted by Crippen LogP contribution is 2.32. The molecule has 3 amide bonds. The Morgan fingerprint density at radius 3 is 2.05 bits per heavy atom. The number of carbonyl (C=O) groups is 3. The summed E-state index contributed by atoms with van der Waals surface area (Å²) in [7, 11) is 0. The first-order valence-corrected chi connectivity index (χ1v) is 12.0. The van der Waals surface area contributed by atoms with Gasteiger partial charge in [-0.05, 0) is 42.3 Å². The third-order valence-electron chi connectivity index (χ3n) is 6.75. The van der Waals surface area contributed by atoms with Crippen LogP contribution in [0.5, 0.6) is 0 Å². The van der Waals surface area contributed by atoms with Crippen molar-refractivity contribution in [2.75, 3.05) is 5.01 Å². The molecule has 0 radical (unpaired) electrons. The number of hydrogen-bond donors (Lipinski definition) is 0. The molecule has 188 valence electrons. The van der Waals surface area contributed by atoms with Gasteiger partial charge in [0.05, 0.1) is 28.6 Å². The van der Waals surface area contributed by atoms with E-state index in [1.54, 1.807) is 43.3 Å². The van der Waals surface area contributed by atoms with E-state index in [2.05, 4.69) is 10.2 Å². The molecule has 10 nitrogen and oxygen atoms in total. The van der Waals surface area contributed by atoms with E-state index >= 15 is 0 Å². The van der Waals surface area contributed by atoms with Crippen LogP contribution in [-0.4, -0.2) is 42.9 Å². The summed E-state index contributed by atoms with van der Waals surface area (Å²) < 4.78 is 2.14. The standard InChI is InChI=1S/C28H22N6O4/c1-17-29-32(28(38)33(17)34-26(36)22-10-6-7-11-23(22)27(34)37)21-14-12-19(13-15-21)24-16-25(31(30-24)18(2)35)20-8-4-3-5-9-20/h3-15,25H,16H2,1-2H3. The first-order valence-electron chi connectivity index (χ1n) is 12.0. The van der Waals surface area contributed by atoms with Crippen LogP contribution < -0.4 is 10.7 Å². The summed E-state index contributed by atoms with van der Waals surface area (Å²) >= 11 is 0. The molecule has 0 saturated heterocycles. The zero-order valence-electron chi connectivity index (χ0n) is 20.6. The molecule has 1 atom stereocenters. The van der Waals surface area contributed by atoms with Gasteiger partial charge in [-0.15, -0.1) is 5.10 Å². The summed E-state index contributed by atoms with van der Waals surface area (Å²) in [5.41, 5.74) is 2.86. The number of carbonyl (C=O) groups excluding carboxylic acids is 3. The number of hydrazone groups is 1. The van der Waals surface area contributed by atoms with E-state index in [1.165, 1.54) is 11.9 Å². The lowest BCUT2D eigenvalue weighted by atomic mass is 9.98. The van der Waals surface area contributed by atoms with Crippen LogP contribution in [0, 0.1) is 6.92 Å². The van der Waals surface area contributed by atoms with Gasteiger partial charge in [0.2, 0.25) is 5.91 Å². The van der Waals surface area contributed by atoms with Crippen LogP contribution in [0.1, 0.15) is 57.1 Å². The molecule has 1 aromatic heterocycles. The molecular weight excluding hydrogens is 484 g/mol. The van der Waals surface area contributed by atoms with Gasteiger partial charge in [-0.25, -0.2) is 9.80 Å². The molecule has 2 aliphatic rings. The van der Waals surface area contributed by atoms with Crippen molar-refractivity contribution in [1.29, 1.82) is 0 Å². The lowest BCUT2D eigenvalue weighted by Crippen LogP contribution is -2.46. The van der Waals surface area contributed by atoms with Gasteiger partial charge >= 0.3 is 5.69 Å². The largest absolute Gasteiger partial charge is 0.370 e. The molecule has 0 saturated carbocycles. The first kappa shape index (κ1) is 23.3. The van der Waals surface area contributed by atoms with Crippen LogP contribution >= 0.6 is 0 Å². The first-order chi connectivity index (χ1) is 18.3. The second kappa shape index (κ2) is 8.77. The number of aryl methyl sites for hydroxylation is 1. The van der Waals surface area contributed by atoms with Crippen molar-refractivity contribution >= 4 is 23.4 Å². The number of amides is 3. The third kappa shape index (κ3) is 3.57. The van der Waals surface area contributed by atoms with E-state index in [4.69, 9.17) is 0 Å². The summed E-state index contributed by atoms with van der Waals surface area (Å²) in [6, 6.07) is 23.0. The van der Waals surface area contributed by atoms with Gasteiger partial charge in [-0.1, -0.05) is 54.6 Å². The van der Waals surface area contributed by atoms with E-state index < -0.39 is 17.5 Å². The Morgan fingerprint density at radius 1 is 0.842 bits per heavy atom. The van der Waals surface area contributed by atoms with Gasteiger partial charge in [0.1, 0.15) is 0 Å². The normalized spacial score (nSPS) is 16.7. The Morgan fingerprint density at radius 2 is 1.45 bits per heavy atom. The van der Waals surface area contributed by atoms with E-state index in [-0.39, 0.29) is 28.9 Å². The highest BCUT2D eigenvalue weighted by Gasteiger charge is 2.39. The number of fused-ring (bicyclic) bond motifs is 1. The van der Waals surface area contributed by atoms with Crippen molar-refractivity contribution in [3.63, 3.8) is 0 Å². The Hall–Kier alpha value is -5.12. The zero-order valence-corrected chi connectivity index (χ0v) is 20.6. The number of rotatable bonds is 4. The van der Waals surface area contributed by atoms with Gasteiger partial charge in [0.15, 0.2) is 5.82 Å². The molecule has 3 aromatic carbocycles. The molecule has 0 aliphatic carbocycles. The molecule has 38 heavy (non-hydrogen) atoms. The van der Waals surface area contributed by atoms with Crippen LogP contribution in [0.15, 0.2) is 88.8 Å². The molecule has 0 bridgehead atoms. The maximum Gasteiger partial charge on any atom is 0.370 e. The predicted molar refractivity (Wildman–Crippen MR) is 139 cm³/mol. The van der Waals surface area contributed by atoms with Crippen molar-refractivity contribution in [1.82, 2.24) is 19.5 Å². The van der Waals surface area contributed by atoms with Gasteiger partial charge in [-0.2, -0.15) is 19.5 Å². The topological polar surface area (TPSA) is 110 Å². The zero-order chi connectivity index (χ0) is 26.6. The van der Waals surface area contributed by atoms with E-state index in [0.29, 0.717) is 12.1 Å². The minimum absolute atomic E-state index is 0.147. The Kier molecular flexibility index (Phi) is 5.37. The monoisotopic (exact) mass is 506 g/mol. The molecule has 0 spiro atoms. The van der Waals surface area contributed by atoms with Gasteiger partial charge in [-0.3, -0.25) is 14.4 Å². The summed E-state index contributed by atoms with van der Waals surface area (Å²) in [5.74, 6) is -1.11. The average molecular weight is 507 g/mol. The Bertz CT molecular complexity index is 1670. The molecular formula is C28H22N6O4. The molecule has 1 unspecified atom stereocenters. The van der Waals surface area contributed by atoms with E-state index in [0.717, 1.165) is 31.2 Å². The third-order valence-corrected chi connectivity index (χ3v) is 6.75. The molecule has 4 aromatic rings. The average Bonchev–Trinajstić information content (AvgIpc) is 3.58. The quantitative estimate of drug-likeness (QED) is 0.395. The lowest BCUT2D eigenvalue weighted by Gasteiger charge is -2.20. The van der Waals surface area contributed by atoms with Crippen LogP contribution in [-0.2, 0) is 4.79 Å². The highest BCUT2D eigenvalue weighted by molar-refractivity contribution is 6.30. The van der Waals surface area contributed by atoms with Crippen LogP contribution in [0.2, 0.25) is 0 Å². The molecule has 10 heteroatoms. The number of benzene rings is 3. The summed E-state index contributed by atoms with van der Waals surface area (Å²) in [5, 5.41) is 11.2. The number of nitrogens with zero attached hydrogens (tertiary/aromatic N) is 6. The van der Waals surface area contributed by atoms with Crippen molar-refractivity contribution < 1.29 is 14.4 Å². The van der Waals surface area contributed by atoms with Crippen LogP contribution in [0.4, 0.5) is 0 Å². The summed E-state index contributed by atoms with van der Waals surface area (Å²) in [6.07, 6.45) is 0.552. The smallest absolute Gasteiger partial charge is 0.273 e. The Labute approximate surface area is 217 Å². The molecule has 0 N–H and O–H groups in total. The lowest BCUT2D eigenvalue weighted by molar-refractivity contribution is -0.130. The molecule has 0 fully saturated rings. The fourth-order valence-corrected chi connectivity index (χ4v) is 4.92. The fraction of sp³-hybridized carbons (Fsp3) is 0.143. The second-order valence-electron chi connectivity index (χ2n) is 9.11. The van der Waals surface area contributed by atoms with Gasteiger partial charge in [0, 0.05) is 13.3 Å². The number of hydrogen-bond acceptors (Lipinski definition) is 6. The van der Waals surface area contributed by atoms with Gasteiger partial charge < -0.3 is 0 Å². The molecule has 3 heterocycles. The molecule has 6 rings (SSSR count). The van der Waals surface area contributed by atoms with Crippen molar-refractivity contribution in [2.45, 2.75) is 26.3 Å². The predicted octanol–water partition coefficient (Wildman–Crippen LogP) is 2.97. The van der Waals surface area contributed by atoms with E-state index in [9.17, 15) is 19.2 Å². The van der Waals surface area contributed by atoms with Crippen molar-refractivity contribution in [3.8, 4) is 5.69 Å². The van der Waals surface area contributed by atoms with Crippen molar-refractivity contribution in [3.05, 3.63) is 117 Å². The fourth-order valence-electron chi connectivity index (χ4n) is 4.92. The SMILES string of the molecule is CC(=O)N1N=C(c2ccc(-n3nc(C)n(N4C(=O)c5ccccc5C4=O)c3=O)cc2)CC1c1ccccc1. The van der Waals surface area contributed by atoms with Crippen LogP contribution in [0.3, 0.4) is 0 Å². The minimum Gasteiger partial charge on any atom is -0.273 e. The van der Waals surface area contributed by atoms with E-state index in [1.807, 2.05) is 42.5 Å². The second-order valence-corrected chi connectivity index (χ2v) is 9.11. The molecule has 2 aliphatic heterocycles. The number of imide groups is 1.